The van der Waals surface area contributed by atoms with Crippen LogP contribution in [0.4, 0.5) is 13.2 Å². The first-order chi connectivity index (χ1) is 8.90. The lowest BCUT2D eigenvalue weighted by Gasteiger charge is -2.07. The minimum absolute atomic E-state index is 0.0360. The zero-order valence-electron chi connectivity index (χ0n) is 9.52. The van der Waals surface area contributed by atoms with Crippen LogP contribution >= 0.6 is 11.8 Å². The van der Waals surface area contributed by atoms with Crippen LogP contribution in [0.1, 0.15) is 17.0 Å². The number of hydrogen-bond acceptors (Lipinski definition) is 5. The van der Waals surface area contributed by atoms with Crippen molar-refractivity contribution >= 4 is 11.8 Å². The number of aromatic nitrogens is 2. The molecule has 0 aromatic carbocycles. The molecule has 2 aromatic heterocycles. The zero-order chi connectivity index (χ0) is 14.0. The standard InChI is InChI=1S/C11H6F3N3OS/c1-6-5-18-10(16-6)19-9-7(4-15)2-3-8(17-9)11(12,13)14/h2-3,5H,1H3. The third-order valence-electron chi connectivity index (χ3n) is 2.05. The molecular weight excluding hydrogens is 279 g/mol. The summed E-state index contributed by atoms with van der Waals surface area (Å²) in [5.41, 5.74) is -0.431. The highest BCUT2D eigenvalue weighted by Gasteiger charge is 2.33. The van der Waals surface area contributed by atoms with Crippen molar-refractivity contribution in [3.8, 4) is 6.07 Å². The second-order valence-electron chi connectivity index (χ2n) is 3.52. The van der Waals surface area contributed by atoms with E-state index in [-0.39, 0.29) is 15.8 Å². The summed E-state index contributed by atoms with van der Waals surface area (Å²) in [7, 11) is 0. The molecule has 0 saturated heterocycles. The van der Waals surface area contributed by atoms with Crippen LogP contribution in [0.5, 0.6) is 0 Å². The summed E-state index contributed by atoms with van der Waals surface area (Å²) in [6, 6.07) is 3.63. The van der Waals surface area contributed by atoms with E-state index in [9.17, 15) is 13.2 Å². The molecule has 4 nitrogen and oxygen atoms in total. The molecule has 0 fully saturated rings. The van der Waals surface area contributed by atoms with Crippen molar-refractivity contribution in [3.05, 3.63) is 35.3 Å². The van der Waals surface area contributed by atoms with Gasteiger partial charge in [-0.15, -0.1) is 0 Å². The third kappa shape index (κ3) is 3.06. The first kappa shape index (κ1) is 13.4. The fourth-order valence-corrected chi connectivity index (χ4v) is 2.04. The molecule has 2 heterocycles. The predicted octanol–water partition coefficient (Wildman–Crippen LogP) is 3.42. The fraction of sp³-hybridized carbons (Fsp3) is 0.182. The van der Waals surface area contributed by atoms with Crippen LogP contribution < -0.4 is 0 Å². The zero-order valence-corrected chi connectivity index (χ0v) is 10.3. The third-order valence-corrected chi connectivity index (χ3v) is 2.92. The predicted molar refractivity (Wildman–Crippen MR) is 59.3 cm³/mol. The monoisotopic (exact) mass is 285 g/mol. The minimum atomic E-state index is -4.56. The van der Waals surface area contributed by atoms with Gasteiger partial charge in [0.1, 0.15) is 23.1 Å². The summed E-state index contributed by atoms with van der Waals surface area (Å²) in [5, 5.41) is 8.92. The van der Waals surface area contributed by atoms with E-state index in [2.05, 4.69) is 9.97 Å². The van der Waals surface area contributed by atoms with Crippen LogP contribution in [0, 0.1) is 18.3 Å². The Hall–Kier alpha value is -2.01. The highest BCUT2D eigenvalue weighted by atomic mass is 32.2. The normalized spacial score (nSPS) is 11.3. The fourth-order valence-electron chi connectivity index (χ4n) is 1.22. The molecule has 0 aliphatic carbocycles. The van der Waals surface area contributed by atoms with E-state index in [0.29, 0.717) is 5.69 Å². The largest absolute Gasteiger partial charge is 0.439 e. The number of alkyl halides is 3. The molecule has 0 saturated carbocycles. The lowest BCUT2D eigenvalue weighted by Crippen LogP contribution is -2.08. The van der Waals surface area contributed by atoms with Crippen molar-refractivity contribution in [1.29, 1.82) is 5.26 Å². The number of oxazole rings is 1. The lowest BCUT2D eigenvalue weighted by molar-refractivity contribution is -0.141. The molecule has 98 valence electrons. The smallest absolute Gasteiger partial charge is 0.433 e. The molecule has 2 rings (SSSR count). The van der Waals surface area contributed by atoms with Gasteiger partial charge in [-0.05, 0) is 30.8 Å². The van der Waals surface area contributed by atoms with Crippen LogP contribution in [-0.2, 0) is 6.18 Å². The van der Waals surface area contributed by atoms with E-state index in [1.165, 1.54) is 6.26 Å². The molecule has 19 heavy (non-hydrogen) atoms. The number of rotatable bonds is 2. The average molecular weight is 285 g/mol. The Morgan fingerprint density at radius 3 is 2.58 bits per heavy atom. The number of nitriles is 1. The van der Waals surface area contributed by atoms with Gasteiger partial charge in [-0.3, -0.25) is 0 Å². The number of aryl methyl sites for hydroxylation is 1. The topological polar surface area (TPSA) is 62.7 Å². The Labute approximate surface area is 110 Å². The van der Waals surface area contributed by atoms with E-state index < -0.39 is 11.9 Å². The van der Waals surface area contributed by atoms with Gasteiger partial charge in [0.2, 0.25) is 0 Å². The highest BCUT2D eigenvalue weighted by molar-refractivity contribution is 7.99. The number of hydrogen-bond donors (Lipinski definition) is 0. The number of halogens is 3. The number of pyridine rings is 1. The summed E-state index contributed by atoms with van der Waals surface area (Å²) in [4.78, 5) is 7.37. The molecule has 0 spiro atoms. The SMILES string of the molecule is Cc1coc(Sc2nc(C(F)(F)F)ccc2C#N)n1. The Bertz CT molecular complexity index is 645. The molecule has 0 radical (unpaired) electrons. The minimum Gasteiger partial charge on any atom is -0.439 e. The van der Waals surface area contributed by atoms with Crippen molar-refractivity contribution in [2.45, 2.75) is 23.3 Å². The van der Waals surface area contributed by atoms with Crippen molar-refractivity contribution < 1.29 is 17.6 Å². The highest BCUT2D eigenvalue weighted by Crippen LogP contribution is 2.33. The van der Waals surface area contributed by atoms with Gasteiger partial charge in [0.15, 0.2) is 0 Å². The van der Waals surface area contributed by atoms with E-state index in [4.69, 9.17) is 9.68 Å². The van der Waals surface area contributed by atoms with E-state index in [1.54, 1.807) is 13.0 Å². The molecule has 0 aliphatic rings. The van der Waals surface area contributed by atoms with E-state index in [0.717, 1.165) is 23.9 Å². The van der Waals surface area contributed by atoms with Crippen LogP contribution in [0.2, 0.25) is 0 Å². The maximum absolute atomic E-state index is 12.6. The van der Waals surface area contributed by atoms with Crippen LogP contribution in [0.3, 0.4) is 0 Å². The quantitative estimate of drug-likeness (QED) is 0.846. The van der Waals surface area contributed by atoms with Crippen LogP contribution in [0.25, 0.3) is 0 Å². The lowest BCUT2D eigenvalue weighted by atomic mass is 10.2. The van der Waals surface area contributed by atoms with Crippen LogP contribution in [-0.4, -0.2) is 9.97 Å². The second kappa shape index (κ2) is 4.93. The molecule has 2 aromatic rings. The molecule has 8 heteroatoms. The van der Waals surface area contributed by atoms with E-state index in [1.807, 2.05) is 0 Å². The van der Waals surface area contributed by atoms with Gasteiger partial charge in [0, 0.05) is 0 Å². The molecule has 0 unspecified atom stereocenters. The molecule has 0 aliphatic heterocycles. The van der Waals surface area contributed by atoms with Crippen molar-refractivity contribution in [3.63, 3.8) is 0 Å². The molecular formula is C11H6F3N3OS. The molecule has 0 N–H and O–H groups in total. The van der Waals surface area contributed by atoms with Gasteiger partial charge in [-0.1, -0.05) is 0 Å². The van der Waals surface area contributed by atoms with Gasteiger partial charge in [-0.25, -0.2) is 9.97 Å². The summed E-state index contributed by atoms with van der Waals surface area (Å²) in [5.74, 6) is 0. The molecule has 0 amide bonds. The van der Waals surface area contributed by atoms with Gasteiger partial charge < -0.3 is 4.42 Å². The summed E-state index contributed by atoms with van der Waals surface area (Å²) in [6.07, 6.45) is -3.20. The van der Waals surface area contributed by atoms with Gasteiger partial charge >= 0.3 is 6.18 Å². The van der Waals surface area contributed by atoms with Crippen molar-refractivity contribution in [2.24, 2.45) is 0 Å². The van der Waals surface area contributed by atoms with Crippen LogP contribution in [0.15, 0.2) is 33.1 Å². The maximum Gasteiger partial charge on any atom is 0.433 e. The summed E-state index contributed by atoms with van der Waals surface area (Å²) in [6.45, 7) is 1.68. The average Bonchev–Trinajstić information content (AvgIpc) is 2.73. The molecule has 0 atom stereocenters. The first-order valence-electron chi connectivity index (χ1n) is 4.98. The number of nitrogens with zero attached hydrogens (tertiary/aromatic N) is 3. The Morgan fingerprint density at radius 1 is 1.32 bits per heavy atom. The Balaban J connectivity index is 2.40. The summed E-state index contributed by atoms with van der Waals surface area (Å²) >= 11 is 0.779. The van der Waals surface area contributed by atoms with Gasteiger partial charge in [0.05, 0.1) is 11.3 Å². The Morgan fingerprint density at radius 2 is 2.05 bits per heavy atom. The summed E-state index contributed by atoms with van der Waals surface area (Å²) < 4.78 is 42.7. The Kier molecular flexibility index (Phi) is 3.48. The maximum atomic E-state index is 12.6. The van der Waals surface area contributed by atoms with Gasteiger partial charge in [-0.2, -0.15) is 18.4 Å². The van der Waals surface area contributed by atoms with Gasteiger partial charge in [0.25, 0.3) is 5.22 Å². The second-order valence-corrected chi connectivity index (χ2v) is 4.46. The van der Waals surface area contributed by atoms with E-state index >= 15 is 0 Å². The molecule has 0 bridgehead atoms. The van der Waals surface area contributed by atoms with Crippen molar-refractivity contribution in [1.82, 2.24) is 9.97 Å². The first-order valence-corrected chi connectivity index (χ1v) is 5.80. The van der Waals surface area contributed by atoms with Crippen molar-refractivity contribution in [2.75, 3.05) is 0 Å².